The molecule has 0 saturated carbocycles. The Morgan fingerprint density at radius 3 is 1.16 bits per heavy atom. The summed E-state index contributed by atoms with van der Waals surface area (Å²) < 4.78 is 5.45. The number of ether oxygens (including phenoxy) is 1. The zero-order valence-corrected chi connectivity index (χ0v) is 45.6. The van der Waals surface area contributed by atoms with E-state index in [9.17, 15) is 19.8 Å². The average Bonchev–Trinajstić information content (AvgIpc) is 3.34. The molecule has 68 heavy (non-hydrogen) atoms. The fourth-order valence-corrected chi connectivity index (χ4v) is 9.25. The van der Waals surface area contributed by atoms with Crippen LogP contribution in [0.1, 0.15) is 322 Å². The topological polar surface area (TPSA) is 95.9 Å². The van der Waals surface area contributed by atoms with E-state index in [4.69, 9.17) is 4.74 Å². The van der Waals surface area contributed by atoms with Crippen molar-refractivity contribution in [3.63, 3.8) is 0 Å². The number of unbranched alkanes of at least 4 members (excludes halogenated alkanes) is 39. The number of esters is 1. The molecular weight excluding hydrogens is 839 g/mol. The number of aliphatic hydroxyl groups excluding tert-OH is 2. The number of aliphatic hydroxyl groups is 2. The summed E-state index contributed by atoms with van der Waals surface area (Å²) >= 11 is 0. The summed E-state index contributed by atoms with van der Waals surface area (Å²) in [6.45, 7) is 4.86. The molecule has 0 spiro atoms. The lowest BCUT2D eigenvalue weighted by atomic mass is 10.0. The van der Waals surface area contributed by atoms with E-state index in [1.165, 1.54) is 199 Å². The lowest BCUT2D eigenvalue weighted by molar-refractivity contribution is -0.143. The van der Waals surface area contributed by atoms with Crippen LogP contribution in [0.25, 0.3) is 0 Å². The maximum absolute atomic E-state index is 12.5. The van der Waals surface area contributed by atoms with Gasteiger partial charge in [-0.2, -0.15) is 0 Å². The van der Waals surface area contributed by atoms with E-state index < -0.39 is 12.1 Å². The minimum atomic E-state index is -0.685. The Bertz CT molecular complexity index is 1100. The quantitative estimate of drug-likeness (QED) is 0.0321. The summed E-state index contributed by atoms with van der Waals surface area (Å²) in [6, 6.07) is -0.565. The standard InChI is InChI=1S/C62H117NO5/c1-3-5-7-9-11-13-15-17-19-21-22-23-24-25-26-28-29-31-34-38-42-46-50-54-60(65)59(58-64)63-61(66)55-51-47-43-39-35-33-37-41-45-49-53-57-68-62(67)56-52-48-44-40-36-32-30-27-20-18-16-14-12-10-8-6-4-2/h12,14,18,20,37,41,59-60,64-65H,3-11,13,15-17,19,21-36,38-40,42-58H2,1-2H3,(H,63,66)/b14-12-,20-18-,41-37-. The molecule has 0 aromatic carbocycles. The van der Waals surface area contributed by atoms with Gasteiger partial charge >= 0.3 is 5.97 Å². The number of allylic oxidation sites excluding steroid dienone is 6. The summed E-state index contributed by atoms with van der Waals surface area (Å²) in [4.78, 5) is 24.6. The first-order valence-corrected chi connectivity index (χ1v) is 30.2. The number of hydrogen-bond donors (Lipinski definition) is 3. The van der Waals surface area contributed by atoms with E-state index in [2.05, 4.69) is 55.6 Å². The van der Waals surface area contributed by atoms with Gasteiger partial charge in [0.25, 0.3) is 0 Å². The molecule has 3 N–H and O–H groups in total. The van der Waals surface area contributed by atoms with Gasteiger partial charge in [0.15, 0.2) is 0 Å². The molecule has 0 heterocycles. The fourth-order valence-electron chi connectivity index (χ4n) is 9.25. The summed E-state index contributed by atoms with van der Waals surface area (Å²) in [6.07, 6.45) is 71.4. The molecule has 0 aromatic heterocycles. The fraction of sp³-hybridized carbons (Fsp3) is 0.871. The van der Waals surface area contributed by atoms with Gasteiger partial charge in [-0.15, -0.1) is 0 Å². The number of nitrogens with one attached hydrogen (secondary N) is 1. The minimum Gasteiger partial charge on any atom is -0.466 e. The van der Waals surface area contributed by atoms with Crippen molar-refractivity contribution in [1.29, 1.82) is 0 Å². The molecule has 400 valence electrons. The number of amides is 1. The van der Waals surface area contributed by atoms with Crippen molar-refractivity contribution >= 4 is 11.9 Å². The maximum Gasteiger partial charge on any atom is 0.305 e. The van der Waals surface area contributed by atoms with Crippen LogP contribution in [0.15, 0.2) is 36.5 Å². The molecule has 0 rings (SSSR count). The van der Waals surface area contributed by atoms with E-state index in [-0.39, 0.29) is 18.5 Å². The summed E-state index contributed by atoms with van der Waals surface area (Å²) in [5.41, 5.74) is 0. The minimum absolute atomic E-state index is 0.0383. The van der Waals surface area contributed by atoms with Crippen molar-refractivity contribution in [3.05, 3.63) is 36.5 Å². The predicted octanol–water partition coefficient (Wildman–Crippen LogP) is 18.8. The SMILES string of the molecule is CCCCC/C=C\C/C=C\CCCCCCCCCC(=O)OCCCC/C=C\CCCCCCCC(=O)NC(CO)C(O)CCCCCCCCCCCCCCCCCCCCCCCCC. The highest BCUT2D eigenvalue weighted by Crippen LogP contribution is 2.17. The van der Waals surface area contributed by atoms with Gasteiger partial charge in [0.05, 0.1) is 25.4 Å². The van der Waals surface area contributed by atoms with Crippen molar-refractivity contribution < 1.29 is 24.5 Å². The van der Waals surface area contributed by atoms with Gasteiger partial charge in [-0.3, -0.25) is 9.59 Å². The van der Waals surface area contributed by atoms with E-state index in [0.717, 1.165) is 89.9 Å². The van der Waals surface area contributed by atoms with Gasteiger partial charge < -0.3 is 20.3 Å². The molecule has 6 heteroatoms. The van der Waals surface area contributed by atoms with Crippen LogP contribution in [0.3, 0.4) is 0 Å². The lowest BCUT2D eigenvalue weighted by Crippen LogP contribution is -2.45. The third kappa shape index (κ3) is 53.4. The summed E-state index contributed by atoms with van der Waals surface area (Å²) in [7, 11) is 0. The number of carbonyl (C=O) groups excluding carboxylic acids is 2. The first kappa shape index (κ1) is 66.1. The van der Waals surface area contributed by atoms with Crippen LogP contribution in [0.2, 0.25) is 0 Å². The molecule has 2 atom stereocenters. The van der Waals surface area contributed by atoms with Crippen LogP contribution in [0.4, 0.5) is 0 Å². The third-order valence-electron chi connectivity index (χ3n) is 13.9. The van der Waals surface area contributed by atoms with E-state index >= 15 is 0 Å². The van der Waals surface area contributed by atoms with Crippen molar-refractivity contribution in [3.8, 4) is 0 Å². The second-order valence-electron chi connectivity index (χ2n) is 20.7. The van der Waals surface area contributed by atoms with Crippen molar-refractivity contribution in [2.75, 3.05) is 13.2 Å². The van der Waals surface area contributed by atoms with Crippen LogP contribution in [0.5, 0.6) is 0 Å². The predicted molar refractivity (Wildman–Crippen MR) is 296 cm³/mol. The number of carbonyl (C=O) groups is 2. The van der Waals surface area contributed by atoms with Crippen LogP contribution in [-0.4, -0.2) is 47.4 Å². The monoisotopic (exact) mass is 956 g/mol. The molecule has 0 radical (unpaired) electrons. The Hall–Kier alpha value is -1.92. The van der Waals surface area contributed by atoms with Crippen LogP contribution in [0, 0.1) is 0 Å². The molecule has 6 nitrogen and oxygen atoms in total. The van der Waals surface area contributed by atoms with E-state index in [0.29, 0.717) is 25.9 Å². The van der Waals surface area contributed by atoms with Gasteiger partial charge in [-0.1, -0.05) is 262 Å². The Morgan fingerprint density at radius 1 is 0.412 bits per heavy atom. The highest BCUT2D eigenvalue weighted by atomic mass is 16.5. The zero-order valence-electron chi connectivity index (χ0n) is 45.6. The molecule has 0 saturated heterocycles. The van der Waals surface area contributed by atoms with E-state index in [1.54, 1.807) is 0 Å². The average molecular weight is 957 g/mol. The Balaban J connectivity index is 3.50. The Kier molecular flexibility index (Phi) is 56.0. The molecule has 0 bridgehead atoms. The Morgan fingerprint density at radius 2 is 0.735 bits per heavy atom. The second kappa shape index (κ2) is 57.7. The zero-order chi connectivity index (χ0) is 49.3. The van der Waals surface area contributed by atoms with Crippen molar-refractivity contribution in [2.45, 2.75) is 334 Å². The van der Waals surface area contributed by atoms with E-state index in [1.807, 2.05) is 0 Å². The molecule has 1 amide bonds. The van der Waals surface area contributed by atoms with Crippen molar-refractivity contribution in [2.24, 2.45) is 0 Å². The maximum atomic E-state index is 12.5. The summed E-state index contributed by atoms with van der Waals surface area (Å²) in [5.74, 6) is -0.100. The normalized spacial score (nSPS) is 12.8. The highest BCUT2D eigenvalue weighted by Gasteiger charge is 2.20. The number of rotatable bonds is 56. The first-order valence-electron chi connectivity index (χ1n) is 30.2. The first-order chi connectivity index (χ1) is 33.5. The molecule has 0 fully saturated rings. The molecule has 2 unspecified atom stereocenters. The van der Waals surface area contributed by atoms with Crippen molar-refractivity contribution in [1.82, 2.24) is 5.32 Å². The molecule has 0 aliphatic heterocycles. The summed E-state index contributed by atoms with van der Waals surface area (Å²) in [5, 5.41) is 23.3. The van der Waals surface area contributed by atoms with Crippen LogP contribution >= 0.6 is 0 Å². The number of hydrogen-bond acceptors (Lipinski definition) is 5. The van der Waals surface area contributed by atoms with Gasteiger partial charge in [0, 0.05) is 12.8 Å². The Labute approximate surface area is 424 Å². The van der Waals surface area contributed by atoms with Gasteiger partial charge in [0.1, 0.15) is 0 Å². The van der Waals surface area contributed by atoms with Gasteiger partial charge in [-0.05, 0) is 83.5 Å². The van der Waals surface area contributed by atoms with Crippen LogP contribution in [-0.2, 0) is 14.3 Å². The largest absolute Gasteiger partial charge is 0.466 e. The molecule has 0 aromatic rings. The lowest BCUT2D eigenvalue weighted by Gasteiger charge is -2.22. The molecular formula is C62H117NO5. The third-order valence-corrected chi connectivity index (χ3v) is 13.9. The molecule has 0 aliphatic rings. The second-order valence-corrected chi connectivity index (χ2v) is 20.7. The highest BCUT2D eigenvalue weighted by molar-refractivity contribution is 5.76. The van der Waals surface area contributed by atoms with Gasteiger partial charge in [-0.25, -0.2) is 0 Å². The van der Waals surface area contributed by atoms with Gasteiger partial charge in [0.2, 0.25) is 5.91 Å². The molecule has 0 aliphatic carbocycles. The van der Waals surface area contributed by atoms with Crippen LogP contribution < -0.4 is 5.32 Å². The smallest absolute Gasteiger partial charge is 0.305 e.